The lowest BCUT2D eigenvalue weighted by molar-refractivity contribution is 0.0527. The lowest BCUT2D eigenvalue weighted by Crippen LogP contribution is -2.40. The van der Waals surface area contributed by atoms with Crippen molar-refractivity contribution in [3.05, 3.63) is 46.8 Å². The van der Waals surface area contributed by atoms with Crippen LogP contribution in [0.15, 0.2) is 35.1 Å². The molecule has 1 aliphatic rings. The van der Waals surface area contributed by atoms with Crippen LogP contribution < -0.4 is 21.7 Å². The van der Waals surface area contributed by atoms with E-state index in [0.717, 1.165) is 30.8 Å². The monoisotopic (exact) mass is 387 g/mol. The first-order valence-corrected chi connectivity index (χ1v) is 9.74. The fourth-order valence-corrected chi connectivity index (χ4v) is 2.89. The van der Waals surface area contributed by atoms with Crippen molar-refractivity contribution < 1.29 is 9.53 Å². The van der Waals surface area contributed by atoms with Crippen LogP contribution in [0.25, 0.3) is 0 Å². The van der Waals surface area contributed by atoms with Crippen molar-refractivity contribution in [2.75, 3.05) is 13.1 Å². The Balaban J connectivity index is 1.79. The Kier molecular flexibility index (Phi) is 7.31. The smallest absolute Gasteiger partial charge is 0.407 e. The number of carbonyl (C=O) groups is 1. The summed E-state index contributed by atoms with van der Waals surface area (Å²) in [4.78, 5) is 16.1. The first-order valence-electron chi connectivity index (χ1n) is 9.74. The Morgan fingerprint density at radius 1 is 1.25 bits per heavy atom. The summed E-state index contributed by atoms with van der Waals surface area (Å²) in [6.45, 7) is 11.1. The maximum absolute atomic E-state index is 11.6. The van der Waals surface area contributed by atoms with E-state index in [9.17, 15) is 4.79 Å². The summed E-state index contributed by atoms with van der Waals surface area (Å²) in [6.07, 6.45) is 3.43. The number of carbonyl (C=O) groups excluding carboxylic acids is 1. The van der Waals surface area contributed by atoms with Crippen LogP contribution >= 0.6 is 0 Å². The molecule has 1 aromatic rings. The molecule has 2 rings (SSSR count). The summed E-state index contributed by atoms with van der Waals surface area (Å²) in [5.74, 6) is 1.26. The number of aryl methyl sites for hydroxylation is 1. The molecule has 0 saturated heterocycles. The lowest BCUT2D eigenvalue weighted by Gasteiger charge is -2.23. The number of alkyl carbamates (subject to hydrolysis) is 1. The van der Waals surface area contributed by atoms with E-state index in [1.807, 2.05) is 26.8 Å². The van der Waals surface area contributed by atoms with Crippen LogP contribution in [0.1, 0.15) is 56.3 Å². The molecule has 0 radical (unpaired) electrons. The van der Waals surface area contributed by atoms with Gasteiger partial charge in [-0.2, -0.15) is 0 Å². The summed E-state index contributed by atoms with van der Waals surface area (Å²) in [5, 5.41) is 9.20. The molecule has 28 heavy (non-hydrogen) atoms. The summed E-state index contributed by atoms with van der Waals surface area (Å²) < 4.78 is 5.21. The van der Waals surface area contributed by atoms with E-state index in [4.69, 9.17) is 10.5 Å². The second-order valence-electron chi connectivity index (χ2n) is 8.02. The molecule has 7 nitrogen and oxygen atoms in total. The van der Waals surface area contributed by atoms with E-state index in [-0.39, 0.29) is 12.1 Å². The summed E-state index contributed by atoms with van der Waals surface area (Å²) in [6, 6.07) is 6.13. The van der Waals surface area contributed by atoms with Gasteiger partial charge < -0.3 is 26.4 Å². The lowest BCUT2D eigenvalue weighted by atomic mass is 9.97. The third kappa shape index (κ3) is 6.79. The van der Waals surface area contributed by atoms with Gasteiger partial charge in [0.2, 0.25) is 0 Å². The van der Waals surface area contributed by atoms with Crippen molar-refractivity contribution in [2.45, 2.75) is 59.1 Å². The van der Waals surface area contributed by atoms with Gasteiger partial charge in [0.1, 0.15) is 17.5 Å². The molecule has 1 atom stereocenters. The number of nitrogens with zero attached hydrogens (tertiary/aromatic N) is 1. The highest BCUT2D eigenvalue weighted by molar-refractivity contribution is 5.81. The molecule has 1 aromatic carbocycles. The third-order valence-electron chi connectivity index (χ3n) is 4.42. The van der Waals surface area contributed by atoms with Crippen molar-refractivity contribution in [1.29, 1.82) is 0 Å². The second-order valence-corrected chi connectivity index (χ2v) is 8.02. The second kappa shape index (κ2) is 9.48. The Morgan fingerprint density at radius 3 is 2.68 bits per heavy atom. The Bertz CT molecular complexity index is 750. The quantitative estimate of drug-likeness (QED) is 0.539. The van der Waals surface area contributed by atoms with Crippen LogP contribution in [0.4, 0.5) is 4.79 Å². The van der Waals surface area contributed by atoms with Crippen LogP contribution in [0.3, 0.4) is 0 Å². The van der Waals surface area contributed by atoms with Gasteiger partial charge in [-0.15, -0.1) is 0 Å². The molecule has 0 bridgehead atoms. The molecule has 5 N–H and O–H groups in total. The van der Waals surface area contributed by atoms with Gasteiger partial charge in [-0.25, -0.2) is 9.79 Å². The largest absolute Gasteiger partial charge is 0.444 e. The number of nitrogens with two attached hydrogens (primary N) is 1. The predicted octanol–water partition coefficient (Wildman–Crippen LogP) is 3.00. The molecular formula is C21H33N5O2. The van der Waals surface area contributed by atoms with Crippen LogP contribution in [0.5, 0.6) is 0 Å². The van der Waals surface area contributed by atoms with Gasteiger partial charge in [0.15, 0.2) is 5.96 Å². The topological polar surface area (TPSA) is 101 Å². The van der Waals surface area contributed by atoms with Crippen LogP contribution in [-0.2, 0) is 4.74 Å². The van der Waals surface area contributed by atoms with Gasteiger partial charge in [0.05, 0.1) is 0 Å². The van der Waals surface area contributed by atoms with E-state index in [1.165, 1.54) is 11.1 Å². The Labute approximate surface area is 167 Å². The van der Waals surface area contributed by atoms with E-state index in [0.29, 0.717) is 12.5 Å². The summed E-state index contributed by atoms with van der Waals surface area (Å²) >= 11 is 0. The molecule has 1 aliphatic heterocycles. The third-order valence-corrected chi connectivity index (χ3v) is 4.42. The zero-order chi connectivity index (χ0) is 20.7. The minimum atomic E-state index is -0.474. The van der Waals surface area contributed by atoms with Crippen molar-refractivity contribution >= 4 is 12.1 Å². The first kappa shape index (κ1) is 21.6. The van der Waals surface area contributed by atoms with E-state index < -0.39 is 5.60 Å². The summed E-state index contributed by atoms with van der Waals surface area (Å²) in [7, 11) is 0. The summed E-state index contributed by atoms with van der Waals surface area (Å²) in [5.41, 5.74) is 9.13. The molecule has 0 saturated carbocycles. The van der Waals surface area contributed by atoms with E-state index >= 15 is 0 Å². The van der Waals surface area contributed by atoms with Crippen molar-refractivity contribution in [3.63, 3.8) is 0 Å². The molecular weight excluding hydrogens is 354 g/mol. The number of nitrogens with one attached hydrogen (secondary N) is 3. The van der Waals surface area contributed by atoms with Crippen molar-refractivity contribution in [1.82, 2.24) is 16.0 Å². The zero-order valence-corrected chi connectivity index (χ0v) is 17.6. The number of benzene rings is 1. The molecule has 0 aromatic heterocycles. The highest BCUT2D eigenvalue weighted by Gasteiger charge is 2.18. The fourth-order valence-electron chi connectivity index (χ4n) is 2.89. The first-order chi connectivity index (χ1) is 13.2. The van der Waals surface area contributed by atoms with E-state index in [1.54, 1.807) is 0 Å². The number of ether oxygens (including phenoxy) is 1. The number of amides is 1. The Morgan fingerprint density at radius 2 is 1.96 bits per heavy atom. The van der Waals surface area contributed by atoms with Gasteiger partial charge in [0, 0.05) is 13.1 Å². The van der Waals surface area contributed by atoms with Gasteiger partial charge in [-0.05, 0) is 70.2 Å². The van der Waals surface area contributed by atoms with Gasteiger partial charge in [-0.1, -0.05) is 18.2 Å². The predicted molar refractivity (Wildman–Crippen MR) is 113 cm³/mol. The standard InChI is InChI=1S/C21H33N5O2/c1-14-9-8-10-16(15(14)2)17-13-18(26-19(22)25-17)23-11-6-7-12-24-20(27)28-21(3,4)5/h8-10,13,17,23H,6-7,11-12H2,1-5H3,(H,24,27)(H3,22,25,26). The van der Waals surface area contributed by atoms with Crippen LogP contribution in [0.2, 0.25) is 0 Å². The van der Waals surface area contributed by atoms with Crippen LogP contribution in [0, 0.1) is 13.8 Å². The highest BCUT2D eigenvalue weighted by atomic mass is 16.6. The Hall–Kier alpha value is -2.70. The van der Waals surface area contributed by atoms with E-state index in [2.05, 4.69) is 53.0 Å². The zero-order valence-electron chi connectivity index (χ0n) is 17.6. The number of hydrogen-bond donors (Lipinski definition) is 4. The average molecular weight is 388 g/mol. The SMILES string of the molecule is Cc1cccc(C2C=C(NCCCCNC(=O)OC(C)(C)C)NC(N)=N2)c1C. The number of aliphatic imine (C=N–C) groups is 1. The molecule has 1 heterocycles. The maximum Gasteiger partial charge on any atom is 0.407 e. The molecule has 0 fully saturated rings. The molecule has 1 amide bonds. The van der Waals surface area contributed by atoms with Gasteiger partial charge in [-0.3, -0.25) is 0 Å². The average Bonchev–Trinajstić information content (AvgIpc) is 2.58. The maximum atomic E-state index is 11.6. The molecule has 154 valence electrons. The van der Waals surface area contributed by atoms with Crippen molar-refractivity contribution in [3.8, 4) is 0 Å². The number of unbranched alkanes of at least 4 members (excludes halogenated alkanes) is 1. The molecule has 1 unspecified atom stereocenters. The molecule has 0 aliphatic carbocycles. The molecule has 7 heteroatoms. The number of guanidine groups is 1. The van der Waals surface area contributed by atoms with Gasteiger partial charge in [0.25, 0.3) is 0 Å². The highest BCUT2D eigenvalue weighted by Crippen LogP contribution is 2.26. The van der Waals surface area contributed by atoms with Gasteiger partial charge >= 0.3 is 6.09 Å². The van der Waals surface area contributed by atoms with Crippen LogP contribution in [-0.4, -0.2) is 30.7 Å². The van der Waals surface area contributed by atoms with Crippen molar-refractivity contribution in [2.24, 2.45) is 10.7 Å². The minimum Gasteiger partial charge on any atom is -0.444 e. The number of rotatable bonds is 7. The minimum absolute atomic E-state index is 0.0996. The normalized spacial score (nSPS) is 16.5. The fraction of sp³-hybridized carbons (Fsp3) is 0.524. The number of hydrogen-bond acceptors (Lipinski definition) is 6. The molecule has 0 spiro atoms.